The van der Waals surface area contributed by atoms with Crippen LogP contribution >= 0.6 is 0 Å². The van der Waals surface area contributed by atoms with Crippen molar-refractivity contribution in [1.82, 2.24) is 10.3 Å². The number of nitrogens with one attached hydrogen (secondary N) is 1. The van der Waals surface area contributed by atoms with Crippen molar-refractivity contribution in [2.75, 3.05) is 6.54 Å². The fraction of sp³-hybridized carbons (Fsp3) is 0.556. The summed E-state index contributed by atoms with van der Waals surface area (Å²) in [6.45, 7) is 7.45. The van der Waals surface area contributed by atoms with Gasteiger partial charge in [0.25, 0.3) is 0 Å². The van der Waals surface area contributed by atoms with Crippen LogP contribution in [0.4, 0.5) is 4.79 Å². The Morgan fingerprint density at radius 2 is 1.86 bits per heavy atom. The maximum absolute atomic E-state index is 11.9. The van der Waals surface area contributed by atoms with E-state index in [1.807, 2.05) is 0 Å². The Kier molecular flexibility index (Phi) is 7.08. The number of rotatable bonds is 6. The molecule has 1 aromatic heterocycles. The van der Waals surface area contributed by atoms with Crippen molar-refractivity contribution in [2.24, 2.45) is 0 Å². The molecule has 11 nitrogen and oxygen atoms in total. The van der Waals surface area contributed by atoms with Crippen molar-refractivity contribution >= 4 is 18.0 Å². The van der Waals surface area contributed by atoms with E-state index < -0.39 is 41.9 Å². The summed E-state index contributed by atoms with van der Waals surface area (Å²) in [5, 5.41) is 2.53. The Hall–Kier alpha value is -3.24. The minimum atomic E-state index is -1.15. The molecule has 0 spiro atoms. The van der Waals surface area contributed by atoms with Gasteiger partial charge in [0, 0.05) is 13.8 Å². The molecule has 0 aromatic carbocycles. The second-order valence-electron chi connectivity index (χ2n) is 7.08. The molecular formula is C18H24N2O9. The highest BCUT2D eigenvalue weighted by atomic mass is 16.7. The standard InChI is InChI=1S/C18H24N2O9/c1-10(21)26-14-12(8-20-16(23)29-18(3,4)5)25-9-13(15(14)27-11(2)22)28-17-19-6-7-24-17/h6-7,9,12,14-15H,8H2,1-5H3,(H,20,23). The highest BCUT2D eigenvalue weighted by molar-refractivity contribution is 5.68. The number of oxazole rings is 1. The van der Waals surface area contributed by atoms with Crippen LogP contribution in [0.15, 0.2) is 28.9 Å². The fourth-order valence-corrected chi connectivity index (χ4v) is 2.40. The first-order chi connectivity index (χ1) is 13.5. The Morgan fingerprint density at radius 3 is 2.41 bits per heavy atom. The van der Waals surface area contributed by atoms with Gasteiger partial charge in [-0.2, -0.15) is 4.98 Å². The van der Waals surface area contributed by atoms with E-state index in [-0.39, 0.29) is 18.4 Å². The third-order valence-corrected chi connectivity index (χ3v) is 3.36. The summed E-state index contributed by atoms with van der Waals surface area (Å²) in [6.07, 6.45) is -0.119. The van der Waals surface area contributed by atoms with Gasteiger partial charge in [-0.05, 0) is 20.8 Å². The van der Waals surface area contributed by atoms with Gasteiger partial charge in [-0.3, -0.25) is 9.59 Å². The highest BCUT2D eigenvalue weighted by Gasteiger charge is 2.43. The molecule has 2 heterocycles. The van der Waals surface area contributed by atoms with Gasteiger partial charge < -0.3 is 33.4 Å². The third kappa shape index (κ3) is 7.01. The summed E-state index contributed by atoms with van der Waals surface area (Å²) >= 11 is 0. The molecule has 1 N–H and O–H groups in total. The Bertz CT molecular complexity index is 752. The second kappa shape index (κ2) is 9.30. The van der Waals surface area contributed by atoms with E-state index in [9.17, 15) is 14.4 Å². The first-order valence-electron chi connectivity index (χ1n) is 8.79. The molecule has 0 radical (unpaired) electrons. The predicted molar refractivity (Wildman–Crippen MR) is 95.4 cm³/mol. The van der Waals surface area contributed by atoms with Gasteiger partial charge >= 0.3 is 24.1 Å². The van der Waals surface area contributed by atoms with E-state index in [0.29, 0.717) is 0 Å². The summed E-state index contributed by atoms with van der Waals surface area (Å²) in [6, 6.07) is 0. The van der Waals surface area contributed by atoms with Crippen LogP contribution in [0.3, 0.4) is 0 Å². The van der Waals surface area contributed by atoms with Crippen molar-refractivity contribution < 1.29 is 42.5 Å². The summed E-state index contributed by atoms with van der Waals surface area (Å²) in [7, 11) is 0. The number of ether oxygens (including phenoxy) is 5. The molecule has 29 heavy (non-hydrogen) atoms. The van der Waals surface area contributed by atoms with Gasteiger partial charge in [-0.15, -0.1) is 0 Å². The molecule has 0 saturated carbocycles. The van der Waals surface area contributed by atoms with Gasteiger partial charge in [0.2, 0.25) is 6.10 Å². The molecule has 1 aromatic rings. The molecule has 1 aliphatic heterocycles. The number of nitrogens with zero attached hydrogens (tertiary/aromatic N) is 1. The summed E-state index contributed by atoms with van der Waals surface area (Å²) < 4.78 is 31.7. The van der Waals surface area contributed by atoms with Gasteiger partial charge in [-0.25, -0.2) is 4.79 Å². The highest BCUT2D eigenvalue weighted by Crippen LogP contribution is 2.27. The van der Waals surface area contributed by atoms with Crippen molar-refractivity contribution in [1.29, 1.82) is 0 Å². The van der Waals surface area contributed by atoms with Crippen molar-refractivity contribution in [2.45, 2.75) is 58.5 Å². The summed E-state index contributed by atoms with van der Waals surface area (Å²) in [5.41, 5.74) is -0.690. The van der Waals surface area contributed by atoms with Crippen molar-refractivity contribution in [3.05, 3.63) is 24.5 Å². The smallest absolute Gasteiger partial charge is 0.407 e. The molecule has 2 rings (SSSR count). The van der Waals surface area contributed by atoms with Crippen molar-refractivity contribution in [3.63, 3.8) is 0 Å². The van der Waals surface area contributed by atoms with Gasteiger partial charge in [-0.1, -0.05) is 0 Å². The van der Waals surface area contributed by atoms with E-state index in [1.54, 1.807) is 20.8 Å². The SMILES string of the molecule is CC(=O)OC1C(Oc2ncco2)=COC(CNC(=O)OC(C)(C)C)C1OC(C)=O. The van der Waals surface area contributed by atoms with Crippen molar-refractivity contribution in [3.8, 4) is 6.08 Å². The Morgan fingerprint density at radius 1 is 1.17 bits per heavy atom. The molecule has 1 aliphatic rings. The lowest BCUT2D eigenvalue weighted by Crippen LogP contribution is -2.52. The predicted octanol–water partition coefficient (Wildman–Crippen LogP) is 1.68. The second-order valence-corrected chi connectivity index (χ2v) is 7.08. The maximum Gasteiger partial charge on any atom is 0.407 e. The van der Waals surface area contributed by atoms with E-state index in [1.165, 1.54) is 32.6 Å². The van der Waals surface area contributed by atoms with E-state index in [0.717, 1.165) is 0 Å². The number of esters is 2. The lowest BCUT2D eigenvalue weighted by molar-refractivity contribution is -0.178. The number of hydrogen-bond acceptors (Lipinski definition) is 10. The zero-order valence-corrected chi connectivity index (χ0v) is 16.8. The number of carbonyl (C=O) groups excluding carboxylic acids is 3. The minimum Gasteiger partial charge on any atom is -0.488 e. The number of aromatic nitrogens is 1. The van der Waals surface area contributed by atoms with Crippen LogP contribution in [-0.2, 0) is 28.5 Å². The average Bonchev–Trinajstić information content (AvgIpc) is 3.07. The molecule has 0 fully saturated rings. The molecule has 0 saturated heterocycles. The lowest BCUT2D eigenvalue weighted by atomic mass is 10.0. The first kappa shape index (κ1) is 22.1. The van der Waals surface area contributed by atoms with E-state index in [4.69, 9.17) is 28.1 Å². The minimum absolute atomic E-state index is 0.00224. The van der Waals surface area contributed by atoms with Gasteiger partial charge in [0.15, 0.2) is 18.0 Å². The Labute approximate surface area is 167 Å². The third-order valence-electron chi connectivity index (χ3n) is 3.36. The molecule has 3 atom stereocenters. The molecule has 0 aliphatic carbocycles. The maximum atomic E-state index is 11.9. The first-order valence-corrected chi connectivity index (χ1v) is 8.79. The van der Waals surface area contributed by atoms with E-state index >= 15 is 0 Å². The quantitative estimate of drug-likeness (QED) is 0.543. The van der Waals surface area contributed by atoms with Crippen LogP contribution in [0, 0.1) is 0 Å². The molecular weight excluding hydrogens is 388 g/mol. The normalized spacial score (nSPS) is 21.3. The number of hydrogen-bond donors (Lipinski definition) is 1. The van der Waals surface area contributed by atoms with Crippen LogP contribution < -0.4 is 10.1 Å². The number of amides is 1. The fourth-order valence-electron chi connectivity index (χ4n) is 2.40. The molecule has 160 valence electrons. The Balaban J connectivity index is 2.19. The summed E-state index contributed by atoms with van der Waals surface area (Å²) in [5.74, 6) is -1.28. The molecule has 0 bridgehead atoms. The molecule has 11 heteroatoms. The number of alkyl carbamates (subject to hydrolysis) is 1. The molecule has 3 unspecified atom stereocenters. The zero-order chi connectivity index (χ0) is 21.6. The average molecular weight is 412 g/mol. The van der Waals surface area contributed by atoms with E-state index in [2.05, 4.69) is 10.3 Å². The number of carbonyl (C=O) groups is 3. The topological polar surface area (TPSA) is 135 Å². The van der Waals surface area contributed by atoms with Crippen LogP contribution in [0.2, 0.25) is 0 Å². The zero-order valence-electron chi connectivity index (χ0n) is 16.8. The van der Waals surface area contributed by atoms with Crippen LogP contribution in [0.25, 0.3) is 0 Å². The lowest BCUT2D eigenvalue weighted by Gasteiger charge is -2.35. The molecule has 1 amide bonds. The van der Waals surface area contributed by atoms with Gasteiger partial charge in [0.1, 0.15) is 18.1 Å². The van der Waals surface area contributed by atoms with Crippen LogP contribution in [-0.4, -0.2) is 53.5 Å². The van der Waals surface area contributed by atoms with Gasteiger partial charge in [0.05, 0.1) is 12.7 Å². The summed E-state index contributed by atoms with van der Waals surface area (Å²) in [4.78, 5) is 39.0. The monoisotopic (exact) mass is 412 g/mol. The largest absolute Gasteiger partial charge is 0.488 e. The van der Waals surface area contributed by atoms with Crippen LogP contribution in [0.1, 0.15) is 34.6 Å². The van der Waals surface area contributed by atoms with Crippen LogP contribution in [0.5, 0.6) is 6.08 Å².